The van der Waals surface area contributed by atoms with Gasteiger partial charge in [0.1, 0.15) is 28.4 Å². The van der Waals surface area contributed by atoms with Gasteiger partial charge in [0.25, 0.3) is 0 Å². The molecule has 1 fully saturated rings. The number of carbonyl (C=O) groups excluding carboxylic acids is 2. The lowest BCUT2D eigenvalue weighted by Crippen LogP contribution is -2.41. The van der Waals surface area contributed by atoms with Crippen molar-refractivity contribution in [2.45, 2.75) is 58.9 Å². The molecule has 10 heteroatoms. The molecular formula is C35H36Cl2F2N2O4. The van der Waals surface area contributed by atoms with Gasteiger partial charge in [-0.05, 0) is 61.6 Å². The summed E-state index contributed by atoms with van der Waals surface area (Å²) in [5.74, 6) is -2.80. The molecule has 4 rings (SSSR count). The lowest BCUT2D eigenvalue weighted by molar-refractivity contribution is -0.131. The van der Waals surface area contributed by atoms with E-state index in [0.29, 0.717) is 12.0 Å². The number of nitrogens with zero attached hydrogens (tertiary/aromatic N) is 2. The predicted molar refractivity (Wildman–Crippen MR) is 169 cm³/mol. The Morgan fingerprint density at radius 3 is 2.42 bits per heavy atom. The van der Waals surface area contributed by atoms with Crippen molar-refractivity contribution in [1.29, 1.82) is 5.26 Å². The van der Waals surface area contributed by atoms with Gasteiger partial charge in [-0.15, -0.1) is 0 Å². The van der Waals surface area contributed by atoms with Crippen LogP contribution in [0.1, 0.15) is 74.1 Å². The molecule has 1 saturated heterocycles. The van der Waals surface area contributed by atoms with Crippen LogP contribution in [0.2, 0.25) is 10.0 Å². The Hall–Kier alpha value is -3.67. The molecule has 1 amide bonds. The van der Waals surface area contributed by atoms with Gasteiger partial charge < -0.3 is 14.4 Å². The third-order valence-electron chi connectivity index (χ3n) is 8.02. The van der Waals surface area contributed by atoms with Gasteiger partial charge in [-0.1, -0.05) is 68.2 Å². The molecule has 1 aliphatic heterocycles. The molecule has 0 aromatic heterocycles. The van der Waals surface area contributed by atoms with Crippen molar-refractivity contribution in [3.05, 3.63) is 98.5 Å². The fourth-order valence-corrected chi connectivity index (χ4v) is 6.66. The van der Waals surface area contributed by atoms with Crippen LogP contribution in [0, 0.1) is 34.3 Å². The Morgan fingerprint density at radius 1 is 1.07 bits per heavy atom. The van der Waals surface area contributed by atoms with Gasteiger partial charge in [0.05, 0.1) is 36.8 Å². The molecule has 45 heavy (non-hydrogen) atoms. The van der Waals surface area contributed by atoms with E-state index in [9.17, 15) is 14.9 Å². The van der Waals surface area contributed by atoms with Crippen molar-refractivity contribution in [1.82, 2.24) is 4.90 Å². The summed E-state index contributed by atoms with van der Waals surface area (Å²) in [7, 11) is 0. The van der Waals surface area contributed by atoms with E-state index in [1.54, 1.807) is 32.0 Å². The maximum absolute atomic E-state index is 15.9. The molecular weight excluding hydrogens is 621 g/mol. The number of carbonyl (C=O) groups is 2. The predicted octanol–water partition coefficient (Wildman–Crippen LogP) is 8.49. The Bertz CT molecular complexity index is 1630. The van der Waals surface area contributed by atoms with Gasteiger partial charge >= 0.3 is 5.97 Å². The number of hydrogen-bond acceptors (Lipinski definition) is 5. The quantitative estimate of drug-likeness (QED) is 0.216. The van der Waals surface area contributed by atoms with E-state index in [2.05, 4.69) is 6.07 Å². The summed E-state index contributed by atoms with van der Waals surface area (Å²) in [5.41, 5.74) is -1.23. The highest BCUT2D eigenvalue weighted by atomic mass is 35.5. The first-order valence-corrected chi connectivity index (χ1v) is 15.6. The monoisotopic (exact) mass is 656 g/mol. The molecule has 0 aliphatic carbocycles. The van der Waals surface area contributed by atoms with Crippen LogP contribution in [-0.4, -0.2) is 36.5 Å². The fraction of sp³-hybridized carbons (Fsp3) is 0.400. The van der Waals surface area contributed by atoms with E-state index < -0.39 is 40.9 Å². The van der Waals surface area contributed by atoms with Gasteiger partial charge in [-0.25, -0.2) is 13.6 Å². The Kier molecular flexibility index (Phi) is 10.5. The molecule has 0 N–H and O–H groups in total. The first kappa shape index (κ1) is 34.2. The Labute approximate surface area is 272 Å². The van der Waals surface area contributed by atoms with Crippen molar-refractivity contribution in [3.8, 4) is 11.8 Å². The summed E-state index contributed by atoms with van der Waals surface area (Å²) < 4.78 is 42.6. The van der Waals surface area contributed by atoms with Crippen molar-refractivity contribution >= 4 is 35.1 Å². The highest BCUT2D eigenvalue weighted by Gasteiger charge is 2.59. The van der Waals surface area contributed by atoms with Crippen LogP contribution < -0.4 is 4.74 Å². The maximum atomic E-state index is 15.9. The topological polar surface area (TPSA) is 79.6 Å². The lowest BCUT2D eigenvalue weighted by atomic mass is 9.63. The number of benzene rings is 3. The van der Waals surface area contributed by atoms with Gasteiger partial charge in [-0.3, -0.25) is 4.79 Å². The molecule has 3 aromatic rings. The second kappa shape index (κ2) is 13.8. The van der Waals surface area contributed by atoms with Crippen LogP contribution in [-0.2, 0) is 21.4 Å². The molecule has 3 atom stereocenters. The number of rotatable bonds is 9. The molecule has 238 valence electrons. The molecule has 0 spiro atoms. The largest absolute Gasteiger partial charge is 0.493 e. The van der Waals surface area contributed by atoms with Crippen LogP contribution in [0.5, 0.6) is 5.75 Å². The minimum atomic E-state index is -1.69. The van der Waals surface area contributed by atoms with Crippen LogP contribution >= 0.6 is 23.2 Å². The Balaban J connectivity index is 1.89. The molecule has 1 aliphatic rings. The molecule has 0 radical (unpaired) electrons. The number of esters is 1. The summed E-state index contributed by atoms with van der Waals surface area (Å²) in [6, 6.07) is 14.4. The van der Waals surface area contributed by atoms with Gasteiger partial charge in [0.2, 0.25) is 5.91 Å². The SMILES string of the molecule is CCOC(=O)c1ccc(CC(=O)N2C[C@@H](CC(C)(C)C)[C@](C#N)(c3ccc(Cl)cc3F)[C@H]2c2cccc(Cl)c2F)cc1OCC. The normalized spacial score (nSPS) is 19.7. The van der Waals surface area contributed by atoms with Crippen LogP contribution in [0.15, 0.2) is 54.6 Å². The van der Waals surface area contributed by atoms with Crippen molar-refractivity contribution < 1.29 is 27.8 Å². The summed E-state index contributed by atoms with van der Waals surface area (Å²) in [6.07, 6.45) is 0.266. The van der Waals surface area contributed by atoms with Crippen LogP contribution in [0.3, 0.4) is 0 Å². The molecule has 0 unspecified atom stereocenters. The number of hydrogen-bond donors (Lipinski definition) is 0. The summed E-state index contributed by atoms with van der Waals surface area (Å²) in [4.78, 5) is 28.2. The van der Waals surface area contributed by atoms with E-state index >= 15 is 8.78 Å². The minimum absolute atomic E-state index is 0.0100. The van der Waals surface area contributed by atoms with Crippen LogP contribution in [0.25, 0.3) is 0 Å². The maximum Gasteiger partial charge on any atom is 0.341 e. The lowest BCUT2D eigenvalue weighted by Gasteiger charge is -2.38. The van der Waals surface area contributed by atoms with Gasteiger partial charge in [-0.2, -0.15) is 5.26 Å². The second-order valence-electron chi connectivity index (χ2n) is 12.3. The van der Waals surface area contributed by atoms with E-state index in [-0.39, 0.29) is 64.1 Å². The van der Waals surface area contributed by atoms with Gasteiger partial charge in [0, 0.05) is 28.6 Å². The average molecular weight is 658 g/mol. The number of halogens is 4. The molecule has 0 saturated carbocycles. The van der Waals surface area contributed by atoms with E-state index in [0.717, 1.165) is 6.07 Å². The van der Waals surface area contributed by atoms with Crippen molar-refractivity contribution in [2.24, 2.45) is 11.3 Å². The van der Waals surface area contributed by atoms with E-state index in [4.69, 9.17) is 32.7 Å². The summed E-state index contributed by atoms with van der Waals surface area (Å²) in [5, 5.41) is 11.0. The third-order valence-corrected chi connectivity index (χ3v) is 8.54. The third kappa shape index (κ3) is 6.95. The fourth-order valence-electron chi connectivity index (χ4n) is 6.32. The first-order valence-electron chi connectivity index (χ1n) is 14.8. The number of ether oxygens (including phenoxy) is 2. The minimum Gasteiger partial charge on any atom is -0.493 e. The second-order valence-corrected chi connectivity index (χ2v) is 13.2. The van der Waals surface area contributed by atoms with Crippen LogP contribution in [0.4, 0.5) is 8.78 Å². The number of likely N-dealkylation sites (tertiary alicyclic amines) is 1. The zero-order chi connectivity index (χ0) is 33.1. The zero-order valence-corrected chi connectivity index (χ0v) is 27.4. The van der Waals surface area contributed by atoms with E-state index in [1.165, 1.54) is 35.2 Å². The van der Waals surface area contributed by atoms with Gasteiger partial charge in [0.15, 0.2) is 0 Å². The molecule has 6 nitrogen and oxygen atoms in total. The average Bonchev–Trinajstić information content (AvgIpc) is 3.28. The molecule has 0 bridgehead atoms. The summed E-state index contributed by atoms with van der Waals surface area (Å²) >= 11 is 12.3. The standard InChI is InChI=1S/C35H36Cl2F2N2O4/c1-6-44-29-15-21(11-13-24(29)33(43)45-7-2)16-30(42)41-19-22(18-34(3,4)5)35(20-40,26-14-12-23(36)17-28(26)38)32(41)25-9-8-10-27(37)31(25)39/h8-15,17,22,32H,6-7,16,18-19H2,1-5H3/t22-,32-,35-/m1/s1. The highest BCUT2D eigenvalue weighted by Crippen LogP contribution is 2.56. The number of amides is 1. The Morgan fingerprint density at radius 2 is 1.80 bits per heavy atom. The first-order chi connectivity index (χ1) is 21.3. The summed E-state index contributed by atoms with van der Waals surface area (Å²) in [6.45, 7) is 9.97. The molecule has 3 aromatic carbocycles. The van der Waals surface area contributed by atoms with Crippen molar-refractivity contribution in [2.75, 3.05) is 19.8 Å². The smallest absolute Gasteiger partial charge is 0.341 e. The van der Waals surface area contributed by atoms with E-state index in [1.807, 2.05) is 20.8 Å². The number of nitriles is 1. The molecule has 1 heterocycles. The highest BCUT2D eigenvalue weighted by molar-refractivity contribution is 6.31. The zero-order valence-electron chi connectivity index (χ0n) is 25.9. The van der Waals surface area contributed by atoms with Crippen molar-refractivity contribution in [3.63, 3.8) is 0 Å².